The fraction of sp³-hybridized carbons (Fsp3) is 0.136. The molecule has 1 amide bonds. The first-order valence-electron chi connectivity index (χ1n) is 9.31. The van der Waals surface area contributed by atoms with E-state index < -0.39 is 23.6 Å². The Labute approximate surface area is 184 Å². The van der Waals surface area contributed by atoms with Crippen LogP contribution in [0.3, 0.4) is 0 Å². The van der Waals surface area contributed by atoms with E-state index in [1.165, 1.54) is 28.3 Å². The van der Waals surface area contributed by atoms with Gasteiger partial charge in [0.1, 0.15) is 22.9 Å². The largest absolute Gasteiger partial charge is 0.348 e. The highest BCUT2D eigenvalue weighted by atomic mass is 35.5. The van der Waals surface area contributed by atoms with Gasteiger partial charge in [0.05, 0.1) is 17.9 Å². The van der Waals surface area contributed by atoms with Crippen LogP contribution < -0.4 is 10.9 Å². The third kappa shape index (κ3) is 4.50. The fourth-order valence-corrected chi connectivity index (χ4v) is 4.38. The number of rotatable bonds is 5. The number of carbonyl (C=O) groups is 1. The van der Waals surface area contributed by atoms with Crippen molar-refractivity contribution in [2.24, 2.45) is 0 Å². The molecular formula is C22H16ClF2N3O2S. The number of amides is 1. The van der Waals surface area contributed by atoms with Crippen LogP contribution in [0, 0.1) is 11.6 Å². The summed E-state index contributed by atoms with van der Waals surface area (Å²) in [7, 11) is 0. The first kappa shape index (κ1) is 21.1. The second-order valence-corrected chi connectivity index (χ2v) is 8.45. The first-order valence-corrected chi connectivity index (χ1v) is 10.5. The Morgan fingerprint density at radius 2 is 1.94 bits per heavy atom. The molecule has 0 aliphatic heterocycles. The van der Waals surface area contributed by atoms with Crippen molar-refractivity contribution in [3.8, 4) is 10.4 Å². The molecule has 9 heteroatoms. The third-order valence-electron chi connectivity index (χ3n) is 4.75. The van der Waals surface area contributed by atoms with E-state index in [2.05, 4.69) is 10.3 Å². The normalized spacial score (nSPS) is 12.1. The van der Waals surface area contributed by atoms with Gasteiger partial charge in [0.15, 0.2) is 0 Å². The number of nitrogens with one attached hydrogen (secondary N) is 1. The molecule has 1 atom stereocenters. The molecule has 0 aliphatic rings. The summed E-state index contributed by atoms with van der Waals surface area (Å²) < 4.78 is 28.6. The van der Waals surface area contributed by atoms with Crippen LogP contribution in [0.2, 0.25) is 5.02 Å². The lowest BCUT2D eigenvalue weighted by Crippen LogP contribution is -2.34. The van der Waals surface area contributed by atoms with Gasteiger partial charge in [-0.3, -0.25) is 14.2 Å². The third-order valence-corrected chi connectivity index (χ3v) is 6.17. The zero-order valence-corrected chi connectivity index (χ0v) is 17.8. The molecule has 5 nitrogen and oxygen atoms in total. The van der Waals surface area contributed by atoms with E-state index in [1.54, 1.807) is 19.1 Å². The standard InChI is InChI=1S/C22H16ClF2N3O2S/c1-12(16-7-6-15(24)8-17(16)25)27-20(29)10-28-11-26-18-9-19(31-21(18)22(28)30)13-2-4-14(23)5-3-13/h2-9,11-12H,10H2,1H3,(H,27,29). The van der Waals surface area contributed by atoms with E-state index in [9.17, 15) is 18.4 Å². The van der Waals surface area contributed by atoms with Crippen molar-refractivity contribution in [3.05, 3.63) is 87.4 Å². The minimum absolute atomic E-state index is 0.154. The van der Waals surface area contributed by atoms with Crippen molar-refractivity contribution in [3.63, 3.8) is 0 Å². The Morgan fingerprint density at radius 1 is 1.19 bits per heavy atom. The molecule has 0 aliphatic carbocycles. The van der Waals surface area contributed by atoms with Crippen molar-refractivity contribution in [2.75, 3.05) is 0 Å². The average molecular weight is 460 g/mol. The van der Waals surface area contributed by atoms with Crippen LogP contribution in [-0.2, 0) is 11.3 Å². The molecule has 0 fully saturated rings. The summed E-state index contributed by atoms with van der Waals surface area (Å²) in [4.78, 5) is 30.4. The van der Waals surface area contributed by atoms with E-state index in [1.807, 2.05) is 18.2 Å². The van der Waals surface area contributed by atoms with Crippen LogP contribution in [0.1, 0.15) is 18.5 Å². The maximum atomic E-state index is 13.9. The molecule has 158 valence electrons. The zero-order valence-electron chi connectivity index (χ0n) is 16.2. The van der Waals surface area contributed by atoms with Gasteiger partial charge in [-0.25, -0.2) is 13.8 Å². The molecule has 0 spiro atoms. The Balaban J connectivity index is 1.54. The smallest absolute Gasteiger partial charge is 0.271 e. The van der Waals surface area contributed by atoms with Crippen LogP contribution in [-0.4, -0.2) is 15.5 Å². The summed E-state index contributed by atoms with van der Waals surface area (Å²) in [5.74, 6) is -1.94. The minimum atomic E-state index is -0.749. The summed E-state index contributed by atoms with van der Waals surface area (Å²) in [5, 5.41) is 3.24. The molecule has 0 saturated heterocycles. The molecule has 2 heterocycles. The van der Waals surface area contributed by atoms with E-state index in [-0.39, 0.29) is 17.7 Å². The summed E-state index contributed by atoms with van der Waals surface area (Å²) >= 11 is 7.21. The SMILES string of the molecule is CC(NC(=O)Cn1cnc2cc(-c3ccc(Cl)cc3)sc2c1=O)c1ccc(F)cc1F. The van der Waals surface area contributed by atoms with Gasteiger partial charge < -0.3 is 5.32 Å². The van der Waals surface area contributed by atoms with Gasteiger partial charge in [-0.2, -0.15) is 0 Å². The van der Waals surface area contributed by atoms with Crippen LogP contribution in [0.5, 0.6) is 0 Å². The summed E-state index contributed by atoms with van der Waals surface area (Å²) in [6.45, 7) is 1.30. The van der Waals surface area contributed by atoms with Crippen molar-refractivity contribution < 1.29 is 13.6 Å². The summed E-state index contributed by atoms with van der Waals surface area (Å²) in [5.41, 5.74) is 1.26. The van der Waals surface area contributed by atoms with Crippen molar-refractivity contribution in [1.82, 2.24) is 14.9 Å². The van der Waals surface area contributed by atoms with Crippen LogP contribution in [0.25, 0.3) is 20.7 Å². The van der Waals surface area contributed by atoms with Gasteiger partial charge >= 0.3 is 0 Å². The monoisotopic (exact) mass is 459 g/mol. The second kappa shape index (κ2) is 8.56. The predicted molar refractivity (Wildman–Crippen MR) is 117 cm³/mol. The molecule has 0 bridgehead atoms. The molecular weight excluding hydrogens is 444 g/mol. The quantitative estimate of drug-likeness (QED) is 0.460. The molecule has 4 rings (SSSR count). The average Bonchev–Trinajstić information content (AvgIpc) is 3.15. The highest BCUT2D eigenvalue weighted by Crippen LogP contribution is 2.31. The maximum Gasteiger partial charge on any atom is 0.271 e. The number of hydrogen-bond donors (Lipinski definition) is 1. The first-order chi connectivity index (χ1) is 14.8. The highest BCUT2D eigenvalue weighted by molar-refractivity contribution is 7.22. The van der Waals surface area contributed by atoms with Gasteiger partial charge in [-0.15, -0.1) is 11.3 Å². The minimum Gasteiger partial charge on any atom is -0.348 e. The van der Waals surface area contributed by atoms with Crippen molar-refractivity contribution in [2.45, 2.75) is 19.5 Å². The molecule has 1 unspecified atom stereocenters. The number of thiophene rings is 1. The molecule has 0 saturated carbocycles. The highest BCUT2D eigenvalue weighted by Gasteiger charge is 2.16. The van der Waals surface area contributed by atoms with Crippen molar-refractivity contribution in [1.29, 1.82) is 0 Å². The van der Waals surface area contributed by atoms with Crippen LogP contribution >= 0.6 is 22.9 Å². The van der Waals surface area contributed by atoms with Gasteiger partial charge in [-0.1, -0.05) is 29.8 Å². The topological polar surface area (TPSA) is 64.0 Å². The van der Waals surface area contributed by atoms with Gasteiger partial charge in [0.25, 0.3) is 5.56 Å². The fourth-order valence-electron chi connectivity index (χ4n) is 3.19. The number of hydrogen-bond acceptors (Lipinski definition) is 4. The summed E-state index contributed by atoms with van der Waals surface area (Å²) in [6.07, 6.45) is 1.31. The lowest BCUT2D eigenvalue weighted by atomic mass is 10.1. The number of fused-ring (bicyclic) bond motifs is 1. The van der Waals surface area contributed by atoms with E-state index in [0.29, 0.717) is 15.2 Å². The van der Waals surface area contributed by atoms with E-state index in [0.717, 1.165) is 22.6 Å². The predicted octanol–water partition coefficient (Wildman–Crippen LogP) is 4.93. The number of nitrogens with zero attached hydrogens (tertiary/aromatic N) is 2. The van der Waals surface area contributed by atoms with Gasteiger partial charge in [0.2, 0.25) is 5.91 Å². The van der Waals surface area contributed by atoms with Crippen molar-refractivity contribution >= 4 is 39.1 Å². The van der Waals surface area contributed by atoms with E-state index >= 15 is 0 Å². The maximum absolute atomic E-state index is 13.9. The Kier molecular flexibility index (Phi) is 5.84. The molecule has 2 aromatic heterocycles. The van der Waals surface area contributed by atoms with Gasteiger partial charge in [0, 0.05) is 21.5 Å². The Morgan fingerprint density at radius 3 is 2.65 bits per heavy atom. The number of halogens is 3. The molecule has 2 aromatic carbocycles. The van der Waals surface area contributed by atoms with E-state index in [4.69, 9.17) is 11.6 Å². The molecule has 4 aromatic rings. The lowest BCUT2D eigenvalue weighted by Gasteiger charge is -2.15. The Hall–Kier alpha value is -3.10. The number of aromatic nitrogens is 2. The molecule has 1 N–H and O–H groups in total. The molecule has 31 heavy (non-hydrogen) atoms. The molecule has 0 radical (unpaired) electrons. The second-order valence-electron chi connectivity index (χ2n) is 6.96. The Bertz CT molecular complexity index is 1340. The van der Waals surface area contributed by atoms with Crippen LogP contribution in [0.15, 0.2) is 59.7 Å². The zero-order chi connectivity index (χ0) is 22.1. The summed E-state index contributed by atoms with van der Waals surface area (Å²) in [6, 6.07) is 11.5. The van der Waals surface area contributed by atoms with Crippen LogP contribution in [0.4, 0.5) is 8.78 Å². The number of carbonyl (C=O) groups excluding carboxylic acids is 1. The number of benzene rings is 2. The van der Waals surface area contributed by atoms with Gasteiger partial charge in [-0.05, 0) is 36.8 Å². The lowest BCUT2D eigenvalue weighted by molar-refractivity contribution is -0.122.